The number of nitrogens with zero attached hydrogens (tertiary/aromatic N) is 3. The number of hydrogen-bond donors (Lipinski definition) is 2. The van der Waals surface area contributed by atoms with Gasteiger partial charge >= 0.3 is 0 Å². The molecule has 0 saturated heterocycles. The summed E-state index contributed by atoms with van der Waals surface area (Å²) < 4.78 is 7.62. The van der Waals surface area contributed by atoms with Crippen molar-refractivity contribution in [3.8, 4) is 22.3 Å². The Balaban J connectivity index is 1.59. The van der Waals surface area contributed by atoms with Crippen molar-refractivity contribution < 1.29 is 14.6 Å². The molecule has 0 radical (unpaired) electrons. The van der Waals surface area contributed by atoms with Gasteiger partial charge in [0.2, 0.25) is 11.8 Å². The summed E-state index contributed by atoms with van der Waals surface area (Å²) in [6, 6.07) is 12.4. The van der Waals surface area contributed by atoms with Gasteiger partial charge in [-0.3, -0.25) is 4.79 Å². The van der Waals surface area contributed by atoms with Crippen LogP contribution >= 0.6 is 11.3 Å². The molecule has 0 unspecified atom stereocenters. The number of amides is 1. The monoisotopic (exact) mass is 380 g/mol. The maximum atomic E-state index is 11.1. The molecule has 0 aliphatic rings. The maximum Gasteiger partial charge on any atom is 0.250 e. The van der Waals surface area contributed by atoms with E-state index >= 15 is 0 Å². The van der Waals surface area contributed by atoms with Crippen LogP contribution in [0.15, 0.2) is 54.0 Å². The topological polar surface area (TPSA) is 103 Å². The van der Waals surface area contributed by atoms with Gasteiger partial charge in [0.15, 0.2) is 5.82 Å². The van der Waals surface area contributed by atoms with Crippen molar-refractivity contribution in [1.82, 2.24) is 14.5 Å². The number of ether oxygens (including phenoxy) is 1. The smallest absolute Gasteiger partial charge is 0.250 e. The number of thiophene rings is 1. The molecule has 0 atom stereocenters. The molecule has 0 spiro atoms. The summed E-state index contributed by atoms with van der Waals surface area (Å²) in [5, 5.41) is 12.3. The van der Waals surface area contributed by atoms with Crippen molar-refractivity contribution >= 4 is 28.3 Å². The van der Waals surface area contributed by atoms with E-state index < -0.39 is 5.91 Å². The summed E-state index contributed by atoms with van der Waals surface area (Å²) >= 11 is 1.58. The summed E-state index contributed by atoms with van der Waals surface area (Å²) in [5.41, 5.74) is 6.92. The van der Waals surface area contributed by atoms with Gasteiger partial charge in [-0.1, -0.05) is 12.1 Å². The van der Waals surface area contributed by atoms with Gasteiger partial charge in [-0.05, 0) is 29.6 Å². The van der Waals surface area contributed by atoms with E-state index in [1.807, 2.05) is 28.1 Å². The van der Waals surface area contributed by atoms with E-state index in [1.54, 1.807) is 35.6 Å². The number of phenolic OH excluding ortho intramolecular Hbond substituents is 1. The van der Waals surface area contributed by atoms with Crippen molar-refractivity contribution in [2.45, 2.75) is 6.54 Å². The average Bonchev–Trinajstić information content (AvgIpc) is 3.30. The van der Waals surface area contributed by atoms with Crippen LogP contribution in [0.25, 0.3) is 21.7 Å². The molecule has 4 rings (SSSR count). The molecule has 0 bridgehead atoms. The number of aromatic hydroxyl groups is 1. The average molecular weight is 380 g/mol. The first-order valence-corrected chi connectivity index (χ1v) is 9.12. The highest BCUT2D eigenvalue weighted by atomic mass is 32.1. The van der Waals surface area contributed by atoms with Gasteiger partial charge in [0, 0.05) is 12.3 Å². The fraction of sp³-hybridized carbons (Fsp3) is 0.105. The van der Waals surface area contributed by atoms with E-state index in [0.717, 1.165) is 16.2 Å². The molecule has 3 aromatic heterocycles. The van der Waals surface area contributed by atoms with Crippen molar-refractivity contribution in [2.24, 2.45) is 5.73 Å². The highest BCUT2D eigenvalue weighted by molar-refractivity contribution is 7.13. The van der Waals surface area contributed by atoms with E-state index in [2.05, 4.69) is 9.97 Å². The lowest BCUT2D eigenvalue weighted by atomic mass is 10.3. The highest BCUT2D eigenvalue weighted by Gasteiger charge is 2.16. The summed E-state index contributed by atoms with van der Waals surface area (Å²) in [7, 11) is 0. The minimum absolute atomic E-state index is 0.173. The summed E-state index contributed by atoms with van der Waals surface area (Å²) in [4.78, 5) is 20.8. The SMILES string of the molecule is NC(=O)c1ccc(OCCn2c(-c3cccs3)nc3cccc(O)c32)nc1. The van der Waals surface area contributed by atoms with E-state index in [4.69, 9.17) is 10.5 Å². The number of aromatic nitrogens is 3. The summed E-state index contributed by atoms with van der Waals surface area (Å²) in [6.45, 7) is 0.793. The van der Waals surface area contributed by atoms with Crippen LogP contribution in [0.3, 0.4) is 0 Å². The van der Waals surface area contributed by atoms with Gasteiger partial charge in [0.25, 0.3) is 0 Å². The summed E-state index contributed by atoms with van der Waals surface area (Å²) in [6.07, 6.45) is 1.38. The summed E-state index contributed by atoms with van der Waals surface area (Å²) in [5.74, 6) is 0.815. The number of carbonyl (C=O) groups is 1. The predicted octanol–water partition coefficient (Wildman–Crippen LogP) is 3.04. The van der Waals surface area contributed by atoms with Gasteiger partial charge in [-0.25, -0.2) is 9.97 Å². The van der Waals surface area contributed by atoms with Crippen LogP contribution in [-0.2, 0) is 6.54 Å². The molecule has 1 aromatic carbocycles. The quantitative estimate of drug-likeness (QED) is 0.535. The zero-order valence-electron chi connectivity index (χ0n) is 14.2. The van der Waals surface area contributed by atoms with E-state index in [-0.39, 0.29) is 5.75 Å². The van der Waals surface area contributed by atoms with Gasteiger partial charge in [-0.15, -0.1) is 11.3 Å². The molecular weight excluding hydrogens is 364 g/mol. The second-order valence-electron chi connectivity index (χ2n) is 5.81. The molecule has 7 nitrogen and oxygen atoms in total. The zero-order valence-corrected chi connectivity index (χ0v) is 15.0. The van der Waals surface area contributed by atoms with Crippen LogP contribution in [0.1, 0.15) is 10.4 Å². The second-order valence-corrected chi connectivity index (χ2v) is 6.75. The largest absolute Gasteiger partial charge is 0.506 e. The standard InChI is InChI=1S/C19H16N4O3S/c20-18(25)12-6-7-16(21-11-12)26-9-8-23-17-13(3-1-4-14(17)24)22-19(23)15-5-2-10-27-15/h1-7,10-11,24H,8-9H2,(H2,20,25). The fourth-order valence-electron chi connectivity index (χ4n) is 2.83. The highest BCUT2D eigenvalue weighted by Crippen LogP contribution is 2.32. The van der Waals surface area contributed by atoms with Crippen LogP contribution in [0.5, 0.6) is 11.6 Å². The van der Waals surface area contributed by atoms with Crippen molar-refractivity contribution in [2.75, 3.05) is 6.61 Å². The number of hydrogen-bond acceptors (Lipinski definition) is 6. The normalized spacial score (nSPS) is 11.0. The van der Waals surface area contributed by atoms with Gasteiger partial charge in [0.05, 0.1) is 22.5 Å². The first-order chi connectivity index (χ1) is 13.1. The van der Waals surface area contributed by atoms with Gasteiger partial charge < -0.3 is 20.1 Å². The number of rotatable bonds is 6. The molecule has 0 fully saturated rings. The first-order valence-electron chi connectivity index (χ1n) is 8.24. The van der Waals surface area contributed by atoms with Gasteiger partial charge in [0.1, 0.15) is 17.9 Å². The lowest BCUT2D eigenvalue weighted by molar-refractivity contribution is 0.1000. The number of imidazole rings is 1. The van der Waals surface area contributed by atoms with Crippen LogP contribution < -0.4 is 10.5 Å². The number of carbonyl (C=O) groups excluding carboxylic acids is 1. The molecule has 27 heavy (non-hydrogen) atoms. The Hall–Kier alpha value is -3.39. The number of pyridine rings is 1. The Labute approximate surface area is 158 Å². The van der Waals surface area contributed by atoms with Crippen molar-refractivity contribution in [3.63, 3.8) is 0 Å². The van der Waals surface area contributed by atoms with E-state index in [9.17, 15) is 9.90 Å². The molecule has 8 heteroatoms. The van der Waals surface area contributed by atoms with Crippen LogP contribution in [0.2, 0.25) is 0 Å². The number of benzene rings is 1. The molecular formula is C19H16N4O3S. The van der Waals surface area contributed by atoms with Gasteiger partial charge in [-0.2, -0.15) is 0 Å². The molecule has 3 N–H and O–H groups in total. The third-order valence-electron chi connectivity index (χ3n) is 4.07. The minimum atomic E-state index is -0.532. The lowest BCUT2D eigenvalue weighted by Gasteiger charge is -2.10. The Morgan fingerprint density at radius 1 is 1.22 bits per heavy atom. The Morgan fingerprint density at radius 2 is 2.11 bits per heavy atom. The van der Waals surface area contributed by atoms with E-state index in [0.29, 0.717) is 30.1 Å². The maximum absolute atomic E-state index is 11.1. The third kappa shape index (κ3) is 3.34. The molecule has 3 heterocycles. The molecule has 4 aromatic rings. The molecule has 0 aliphatic heterocycles. The van der Waals surface area contributed by atoms with Crippen LogP contribution in [0, 0.1) is 0 Å². The fourth-order valence-corrected chi connectivity index (χ4v) is 3.55. The van der Waals surface area contributed by atoms with Crippen LogP contribution in [0.4, 0.5) is 0 Å². The molecule has 0 aliphatic carbocycles. The predicted molar refractivity (Wildman–Crippen MR) is 103 cm³/mol. The Bertz CT molecular complexity index is 1090. The molecule has 1 amide bonds. The minimum Gasteiger partial charge on any atom is -0.506 e. The van der Waals surface area contributed by atoms with Crippen molar-refractivity contribution in [1.29, 1.82) is 0 Å². The number of nitrogens with two attached hydrogens (primary N) is 1. The van der Waals surface area contributed by atoms with E-state index in [1.165, 1.54) is 6.20 Å². The number of para-hydroxylation sites is 1. The Morgan fingerprint density at radius 3 is 2.81 bits per heavy atom. The number of phenols is 1. The molecule has 0 saturated carbocycles. The lowest BCUT2D eigenvalue weighted by Crippen LogP contribution is -2.12. The van der Waals surface area contributed by atoms with Crippen molar-refractivity contribution in [3.05, 3.63) is 59.6 Å². The number of primary amides is 1. The second kappa shape index (κ2) is 7.08. The first kappa shape index (κ1) is 17.0. The molecule has 136 valence electrons. The van der Waals surface area contributed by atoms with Crippen LogP contribution in [-0.4, -0.2) is 32.2 Å². The zero-order chi connectivity index (χ0) is 18.8. The third-order valence-corrected chi connectivity index (χ3v) is 4.94. The number of fused-ring (bicyclic) bond motifs is 1. The Kier molecular flexibility index (Phi) is 4.47.